The van der Waals surface area contributed by atoms with Crippen molar-refractivity contribution in [3.05, 3.63) is 113 Å². The average Bonchev–Trinajstić information content (AvgIpc) is 3.77. The quantitative estimate of drug-likeness (QED) is 0.141. The van der Waals surface area contributed by atoms with Crippen molar-refractivity contribution in [3.8, 4) is 5.69 Å². The third-order valence-electron chi connectivity index (χ3n) is 9.73. The van der Waals surface area contributed by atoms with Crippen molar-refractivity contribution in [2.24, 2.45) is 0 Å². The molecule has 5 aromatic rings. The Kier molecular flexibility index (Phi) is 10.4. The second-order valence-electron chi connectivity index (χ2n) is 13.0. The maximum Gasteiger partial charge on any atom is 0.350 e. The average molecular weight is 717 g/mol. The molecule has 274 valence electrons. The van der Waals surface area contributed by atoms with E-state index in [2.05, 4.69) is 30.3 Å². The summed E-state index contributed by atoms with van der Waals surface area (Å²) in [7, 11) is 0. The summed E-state index contributed by atoms with van der Waals surface area (Å²) in [5.74, 6) is -2.35. The maximum atomic E-state index is 14.9. The van der Waals surface area contributed by atoms with Crippen LogP contribution in [0.2, 0.25) is 0 Å². The summed E-state index contributed by atoms with van der Waals surface area (Å²) in [5, 5.41) is 32.8. The van der Waals surface area contributed by atoms with Gasteiger partial charge in [0.05, 0.1) is 36.0 Å². The van der Waals surface area contributed by atoms with Crippen LogP contribution in [0.1, 0.15) is 49.2 Å². The molecule has 0 bridgehead atoms. The van der Waals surface area contributed by atoms with Gasteiger partial charge in [0, 0.05) is 54.9 Å². The van der Waals surface area contributed by atoms with E-state index in [4.69, 9.17) is 5.73 Å². The van der Waals surface area contributed by atoms with E-state index in [1.807, 2.05) is 31.2 Å². The summed E-state index contributed by atoms with van der Waals surface area (Å²) in [6.45, 7) is 7.60. The van der Waals surface area contributed by atoms with Gasteiger partial charge in [0.15, 0.2) is 0 Å². The molecule has 1 saturated heterocycles. The molecule has 3 heterocycles. The number of anilines is 3. The fourth-order valence-electron chi connectivity index (χ4n) is 6.69. The first-order valence-electron chi connectivity index (χ1n) is 17.0. The SMILES string of the molecule is CC[C@H]([C@H](C)O)n1ncn(-c2ccc(N3CCN(c4ccc(C(=O)N[C@H](C)[C@](O)(Cn5cncn5)c5ccc(F)cc5F)c(N)c4)CC3)cc2)c1=O. The first kappa shape index (κ1) is 36.2. The Morgan fingerprint density at radius 1 is 0.942 bits per heavy atom. The van der Waals surface area contributed by atoms with E-state index in [0.29, 0.717) is 44.4 Å². The van der Waals surface area contributed by atoms with Gasteiger partial charge in [-0.05, 0) is 68.8 Å². The van der Waals surface area contributed by atoms with Crippen molar-refractivity contribution in [2.75, 3.05) is 41.7 Å². The lowest BCUT2D eigenvalue weighted by Gasteiger charge is -2.37. The Hall–Kier alpha value is -5.61. The monoisotopic (exact) mass is 716 g/mol. The molecule has 0 aliphatic carbocycles. The zero-order valence-corrected chi connectivity index (χ0v) is 29.1. The third kappa shape index (κ3) is 7.25. The molecule has 14 nitrogen and oxygen atoms in total. The first-order valence-corrected chi connectivity index (χ1v) is 17.0. The predicted octanol–water partition coefficient (Wildman–Crippen LogP) is 2.85. The molecule has 1 aliphatic rings. The third-order valence-corrected chi connectivity index (χ3v) is 9.73. The summed E-state index contributed by atoms with van der Waals surface area (Å²) >= 11 is 0. The largest absolute Gasteiger partial charge is 0.398 e. The fourth-order valence-corrected chi connectivity index (χ4v) is 6.69. The van der Waals surface area contributed by atoms with Gasteiger partial charge in [-0.15, -0.1) is 0 Å². The number of rotatable bonds is 12. The molecule has 5 N–H and O–H groups in total. The first-order chi connectivity index (χ1) is 24.9. The number of carbonyl (C=O) groups excluding carboxylic acids is 1. The Morgan fingerprint density at radius 2 is 1.60 bits per heavy atom. The second kappa shape index (κ2) is 14.9. The fraction of sp³-hybridized carbons (Fsp3) is 0.361. The zero-order chi connectivity index (χ0) is 37.2. The van der Waals surface area contributed by atoms with Crippen LogP contribution >= 0.6 is 0 Å². The molecular weight excluding hydrogens is 674 g/mol. The van der Waals surface area contributed by atoms with Gasteiger partial charge in [-0.2, -0.15) is 10.2 Å². The molecule has 0 saturated carbocycles. The van der Waals surface area contributed by atoms with E-state index >= 15 is 0 Å². The van der Waals surface area contributed by atoms with Gasteiger partial charge in [0.1, 0.15) is 36.2 Å². The highest BCUT2D eigenvalue weighted by molar-refractivity contribution is 6.00. The van der Waals surface area contributed by atoms with Crippen LogP contribution in [0.3, 0.4) is 0 Å². The van der Waals surface area contributed by atoms with Gasteiger partial charge in [-0.25, -0.2) is 32.5 Å². The highest BCUT2D eigenvalue weighted by atomic mass is 19.1. The van der Waals surface area contributed by atoms with Crippen LogP contribution in [0.15, 0.2) is 84.4 Å². The van der Waals surface area contributed by atoms with E-state index in [1.165, 1.54) is 39.8 Å². The Bertz CT molecular complexity index is 2060. The van der Waals surface area contributed by atoms with Gasteiger partial charge < -0.3 is 31.1 Å². The molecule has 0 unspecified atom stereocenters. The van der Waals surface area contributed by atoms with Gasteiger partial charge in [-0.1, -0.05) is 13.0 Å². The van der Waals surface area contributed by atoms with E-state index in [0.717, 1.165) is 23.5 Å². The Labute approximate surface area is 298 Å². The van der Waals surface area contributed by atoms with Crippen molar-refractivity contribution in [3.63, 3.8) is 0 Å². The van der Waals surface area contributed by atoms with E-state index in [1.54, 1.807) is 25.1 Å². The van der Waals surface area contributed by atoms with Crippen LogP contribution < -0.4 is 26.5 Å². The van der Waals surface area contributed by atoms with Crippen LogP contribution in [0.5, 0.6) is 0 Å². The number of nitrogens with zero attached hydrogens (tertiary/aromatic N) is 8. The van der Waals surface area contributed by atoms with E-state index in [9.17, 15) is 28.6 Å². The summed E-state index contributed by atoms with van der Waals surface area (Å²) in [5.41, 5.74) is 6.77. The van der Waals surface area contributed by atoms with Gasteiger partial charge in [-0.3, -0.25) is 4.79 Å². The molecule has 6 rings (SSSR count). The number of hydrogen-bond acceptors (Lipinski definition) is 10. The maximum absolute atomic E-state index is 14.9. The number of aromatic nitrogens is 6. The molecule has 1 fully saturated rings. The number of aliphatic hydroxyl groups is 2. The number of nitrogens with one attached hydrogen (secondary N) is 1. The van der Waals surface area contributed by atoms with E-state index in [-0.39, 0.29) is 29.0 Å². The summed E-state index contributed by atoms with van der Waals surface area (Å²) < 4.78 is 32.7. The smallest absolute Gasteiger partial charge is 0.350 e. The van der Waals surface area contributed by atoms with Crippen molar-refractivity contribution >= 4 is 23.0 Å². The number of nitrogen functional groups attached to an aromatic ring is 1. The molecule has 2 aromatic heterocycles. The van der Waals surface area contributed by atoms with Crippen LogP contribution in [0.25, 0.3) is 5.69 Å². The topological polar surface area (TPSA) is 173 Å². The Morgan fingerprint density at radius 3 is 2.19 bits per heavy atom. The van der Waals surface area contributed by atoms with Crippen molar-refractivity contribution < 1.29 is 23.8 Å². The number of nitrogens with two attached hydrogens (primary N) is 1. The van der Waals surface area contributed by atoms with Crippen LogP contribution in [-0.2, 0) is 12.1 Å². The van der Waals surface area contributed by atoms with Gasteiger partial charge in [0.25, 0.3) is 5.91 Å². The molecule has 52 heavy (non-hydrogen) atoms. The molecule has 0 radical (unpaired) electrons. The minimum Gasteiger partial charge on any atom is -0.398 e. The molecule has 16 heteroatoms. The molecule has 3 aromatic carbocycles. The predicted molar refractivity (Wildman–Crippen MR) is 191 cm³/mol. The Balaban J connectivity index is 1.09. The van der Waals surface area contributed by atoms with Gasteiger partial charge in [0.2, 0.25) is 0 Å². The van der Waals surface area contributed by atoms with Crippen molar-refractivity contribution in [1.82, 2.24) is 34.4 Å². The van der Waals surface area contributed by atoms with Crippen molar-refractivity contribution in [2.45, 2.75) is 57.5 Å². The molecule has 0 spiro atoms. The van der Waals surface area contributed by atoms with Crippen LogP contribution in [-0.4, -0.2) is 83.6 Å². The number of piperazine rings is 1. The number of amides is 1. The van der Waals surface area contributed by atoms with Crippen LogP contribution in [0.4, 0.5) is 25.8 Å². The number of hydrogen-bond donors (Lipinski definition) is 4. The minimum absolute atomic E-state index is 0.178. The summed E-state index contributed by atoms with van der Waals surface area (Å²) in [4.78, 5) is 34.7. The van der Waals surface area contributed by atoms with E-state index < -0.39 is 41.3 Å². The number of aliphatic hydroxyl groups excluding tert-OH is 1. The van der Waals surface area contributed by atoms with Gasteiger partial charge >= 0.3 is 5.69 Å². The highest BCUT2D eigenvalue weighted by Gasteiger charge is 2.40. The molecular formula is C36H42F2N10O4. The summed E-state index contributed by atoms with van der Waals surface area (Å²) in [6, 6.07) is 14.2. The lowest BCUT2D eigenvalue weighted by molar-refractivity contribution is -0.0186. The number of carbonyl (C=O) groups is 1. The minimum atomic E-state index is -2.02. The second-order valence-corrected chi connectivity index (χ2v) is 13.0. The lowest BCUT2D eigenvalue weighted by Crippen LogP contribution is -2.52. The molecule has 1 amide bonds. The normalized spacial score (nSPS) is 16.3. The zero-order valence-electron chi connectivity index (χ0n) is 29.1. The molecule has 1 aliphatic heterocycles. The number of halogens is 2. The molecule has 4 atom stereocenters. The standard InChI is InChI=1S/C36H42F2N10O4/c1-4-33(23(2)49)48-35(51)47(22-42-48)27-8-6-26(7-9-27)44-13-15-45(16-14-44)28-10-11-29(32(39)18-28)34(50)43-24(3)36(52,19-46-21-40-20-41-46)30-12-5-25(37)17-31(30)38/h5-12,17-18,20-24,33,49,52H,4,13-16,19,39H2,1-3H3,(H,43,50)/t23-,24+,33+,36+/m0/s1. The number of benzene rings is 3. The summed E-state index contributed by atoms with van der Waals surface area (Å²) in [6.07, 6.45) is 3.94. The lowest BCUT2D eigenvalue weighted by atomic mass is 9.86. The van der Waals surface area contributed by atoms with Crippen molar-refractivity contribution in [1.29, 1.82) is 0 Å². The van der Waals surface area contributed by atoms with Crippen LogP contribution in [0, 0.1) is 11.6 Å². The highest BCUT2D eigenvalue weighted by Crippen LogP contribution is 2.31.